The van der Waals surface area contributed by atoms with Crippen LogP contribution in [0.15, 0.2) is 53.5 Å². The van der Waals surface area contributed by atoms with Gasteiger partial charge in [-0.2, -0.15) is 0 Å². The van der Waals surface area contributed by atoms with Crippen LogP contribution < -0.4 is 9.47 Å². The lowest BCUT2D eigenvalue weighted by Gasteiger charge is -2.06. The molecular weight excluding hydrogens is 320 g/mol. The van der Waals surface area contributed by atoms with E-state index in [1.165, 1.54) is 0 Å². The van der Waals surface area contributed by atoms with E-state index in [4.69, 9.17) is 9.47 Å². The van der Waals surface area contributed by atoms with Crippen LogP contribution in [0.1, 0.15) is 10.4 Å². The minimum absolute atomic E-state index is 0.719. The molecule has 3 aromatic rings. The summed E-state index contributed by atoms with van der Waals surface area (Å²) in [6.45, 7) is 2.06. The van der Waals surface area contributed by atoms with Gasteiger partial charge in [0.05, 0.1) is 19.9 Å². The van der Waals surface area contributed by atoms with Gasteiger partial charge in [0.15, 0.2) is 0 Å². The van der Waals surface area contributed by atoms with Crippen molar-refractivity contribution in [2.75, 3.05) is 14.2 Å². The largest absolute Gasteiger partial charge is 0.497 e. The second-order valence-corrected chi connectivity index (χ2v) is 6.31. The van der Waals surface area contributed by atoms with Gasteiger partial charge in [-0.1, -0.05) is 41.7 Å². The minimum atomic E-state index is 0.719. The highest BCUT2D eigenvalue weighted by atomic mass is 32.1. The van der Waals surface area contributed by atoms with Crippen LogP contribution >= 0.6 is 11.3 Å². The quantitative estimate of drug-likeness (QED) is 0.622. The Labute approximate surface area is 145 Å². The number of thiazole rings is 1. The molecule has 0 N–H and O–H groups in total. The normalized spacial score (nSPS) is 11.0. The maximum Gasteiger partial charge on any atom is 0.209 e. The lowest BCUT2D eigenvalue weighted by Crippen LogP contribution is -1.92. The van der Waals surface area contributed by atoms with Gasteiger partial charge in [-0.25, -0.2) is 9.98 Å². The maximum atomic E-state index is 5.37. The van der Waals surface area contributed by atoms with Crippen molar-refractivity contribution in [3.8, 4) is 22.8 Å². The fourth-order valence-corrected chi connectivity index (χ4v) is 3.14. The molecule has 3 rings (SSSR count). The van der Waals surface area contributed by atoms with Crippen molar-refractivity contribution in [1.82, 2.24) is 4.98 Å². The van der Waals surface area contributed by atoms with E-state index < -0.39 is 0 Å². The maximum absolute atomic E-state index is 5.37. The van der Waals surface area contributed by atoms with Gasteiger partial charge in [0.1, 0.15) is 11.5 Å². The van der Waals surface area contributed by atoms with Crippen LogP contribution in [0.5, 0.6) is 11.5 Å². The van der Waals surface area contributed by atoms with Crippen molar-refractivity contribution in [3.05, 3.63) is 59.0 Å². The summed E-state index contributed by atoms with van der Waals surface area (Å²) in [5.41, 5.74) is 2.93. The van der Waals surface area contributed by atoms with Crippen molar-refractivity contribution < 1.29 is 9.47 Å². The van der Waals surface area contributed by atoms with E-state index in [0.29, 0.717) is 0 Å². The summed E-state index contributed by atoms with van der Waals surface area (Å²) in [7, 11) is 3.28. The minimum Gasteiger partial charge on any atom is -0.497 e. The van der Waals surface area contributed by atoms with Crippen LogP contribution in [0.4, 0.5) is 5.13 Å². The first-order chi connectivity index (χ1) is 11.7. The molecule has 1 aromatic heterocycles. The van der Waals surface area contributed by atoms with E-state index in [-0.39, 0.29) is 0 Å². The number of methoxy groups -OCH3 is 2. The van der Waals surface area contributed by atoms with Crippen LogP contribution in [0, 0.1) is 6.92 Å². The SMILES string of the molecule is COc1ccc(OC)c(/C=N/c2nc(-c3ccccc3)c(C)s2)c1. The lowest BCUT2D eigenvalue weighted by molar-refractivity contribution is 0.402. The van der Waals surface area contributed by atoms with Crippen molar-refractivity contribution in [2.45, 2.75) is 6.92 Å². The zero-order valence-corrected chi connectivity index (χ0v) is 14.6. The average molecular weight is 338 g/mol. The first-order valence-corrected chi connectivity index (χ1v) is 8.32. The van der Waals surface area contributed by atoms with Crippen molar-refractivity contribution in [2.24, 2.45) is 4.99 Å². The second kappa shape index (κ2) is 7.27. The highest BCUT2D eigenvalue weighted by molar-refractivity contribution is 7.15. The Bertz CT molecular complexity index is 857. The molecule has 4 nitrogen and oxygen atoms in total. The first-order valence-electron chi connectivity index (χ1n) is 7.50. The topological polar surface area (TPSA) is 43.7 Å². The fourth-order valence-electron chi connectivity index (χ4n) is 2.37. The molecular formula is C19H18N2O2S. The fraction of sp³-hybridized carbons (Fsp3) is 0.158. The van der Waals surface area contributed by atoms with E-state index in [1.54, 1.807) is 31.8 Å². The Kier molecular flexibility index (Phi) is 4.91. The second-order valence-electron chi connectivity index (χ2n) is 5.13. The van der Waals surface area contributed by atoms with Crippen molar-refractivity contribution in [1.29, 1.82) is 0 Å². The standard InChI is InChI=1S/C19H18N2O2S/c1-13-18(14-7-5-4-6-8-14)21-19(24-13)20-12-15-11-16(22-2)9-10-17(15)23-3/h4-12H,1-3H3/b20-12+. The summed E-state index contributed by atoms with van der Waals surface area (Å²) >= 11 is 1.57. The Morgan fingerprint density at radius 1 is 1.04 bits per heavy atom. The number of hydrogen-bond donors (Lipinski definition) is 0. The van der Waals surface area contributed by atoms with Crippen LogP contribution in [0.2, 0.25) is 0 Å². The number of benzene rings is 2. The van der Waals surface area contributed by atoms with Crippen LogP contribution in [-0.2, 0) is 0 Å². The summed E-state index contributed by atoms with van der Waals surface area (Å²) in [5.74, 6) is 1.51. The van der Waals surface area contributed by atoms with Gasteiger partial charge in [-0.05, 0) is 25.1 Å². The summed E-state index contributed by atoms with van der Waals surface area (Å²) in [4.78, 5) is 10.3. The third-order valence-electron chi connectivity index (χ3n) is 3.58. The Hall–Kier alpha value is -2.66. The van der Waals surface area contributed by atoms with Crippen LogP contribution in [0.3, 0.4) is 0 Å². The number of hydrogen-bond acceptors (Lipinski definition) is 5. The Morgan fingerprint density at radius 3 is 2.54 bits per heavy atom. The van der Waals surface area contributed by atoms with E-state index in [2.05, 4.69) is 29.0 Å². The number of ether oxygens (including phenoxy) is 2. The van der Waals surface area contributed by atoms with Crippen molar-refractivity contribution >= 4 is 22.7 Å². The molecule has 0 radical (unpaired) electrons. The first kappa shape index (κ1) is 16.2. The number of rotatable bonds is 5. The van der Waals surface area contributed by atoms with Crippen LogP contribution in [0.25, 0.3) is 11.3 Å². The van der Waals surface area contributed by atoms with Crippen molar-refractivity contribution in [3.63, 3.8) is 0 Å². The Balaban J connectivity index is 1.91. The summed E-state index contributed by atoms with van der Waals surface area (Å²) < 4.78 is 10.6. The molecule has 0 aliphatic heterocycles. The number of aromatic nitrogens is 1. The molecule has 0 unspecified atom stereocenters. The summed E-state index contributed by atoms with van der Waals surface area (Å²) in [6.07, 6.45) is 1.76. The average Bonchev–Trinajstić information content (AvgIpc) is 3.01. The van der Waals surface area contributed by atoms with Gasteiger partial charge in [-0.3, -0.25) is 0 Å². The Morgan fingerprint density at radius 2 is 1.83 bits per heavy atom. The molecule has 1 heterocycles. The number of aliphatic imine (C=N–C) groups is 1. The number of nitrogens with zero attached hydrogens (tertiary/aromatic N) is 2. The zero-order valence-electron chi connectivity index (χ0n) is 13.8. The monoisotopic (exact) mass is 338 g/mol. The van der Waals surface area contributed by atoms with E-state index >= 15 is 0 Å². The molecule has 5 heteroatoms. The molecule has 0 amide bonds. The zero-order chi connectivity index (χ0) is 16.9. The molecule has 0 aliphatic carbocycles. The molecule has 0 aliphatic rings. The van der Waals surface area contributed by atoms with Crippen LogP contribution in [-0.4, -0.2) is 25.4 Å². The smallest absolute Gasteiger partial charge is 0.209 e. The molecule has 0 bridgehead atoms. The molecule has 0 atom stereocenters. The predicted octanol–water partition coefficient (Wildman–Crippen LogP) is 4.89. The lowest BCUT2D eigenvalue weighted by atomic mass is 10.1. The summed E-state index contributed by atoms with van der Waals surface area (Å²) in [6, 6.07) is 15.7. The third-order valence-corrected chi connectivity index (χ3v) is 4.46. The molecule has 2 aromatic carbocycles. The van der Waals surface area contributed by atoms with Gasteiger partial charge in [0.2, 0.25) is 5.13 Å². The predicted molar refractivity (Wildman–Crippen MR) is 99.1 cm³/mol. The molecule has 0 fully saturated rings. The van der Waals surface area contributed by atoms with Gasteiger partial charge >= 0.3 is 0 Å². The van der Waals surface area contributed by atoms with E-state index in [0.717, 1.165) is 38.3 Å². The molecule has 122 valence electrons. The van der Waals surface area contributed by atoms with Gasteiger partial charge in [0, 0.05) is 22.2 Å². The number of aryl methyl sites for hydroxylation is 1. The highest BCUT2D eigenvalue weighted by Crippen LogP contribution is 2.32. The van der Waals surface area contributed by atoms with Gasteiger partial charge < -0.3 is 9.47 Å². The van der Waals surface area contributed by atoms with E-state index in [9.17, 15) is 0 Å². The summed E-state index contributed by atoms with van der Waals surface area (Å²) in [5, 5.41) is 0.719. The molecule has 0 saturated heterocycles. The molecule has 24 heavy (non-hydrogen) atoms. The van der Waals surface area contributed by atoms with Gasteiger partial charge in [-0.15, -0.1) is 0 Å². The van der Waals surface area contributed by atoms with Gasteiger partial charge in [0.25, 0.3) is 0 Å². The highest BCUT2D eigenvalue weighted by Gasteiger charge is 2.09. The molecule has 0 saturated carbocycles. The van der Waals surface area contributed by atoms with E-state index in [1.807, 2.05) is 36.4 Å². The third kappa shape index (κ3) is 3.46. The molecule has 0 spiro atoms.